The van der Waals surface area contributed by atoms with Gasteiger partial charge in [0.1, 0.15) is 12.2 Å². The Balaban J connectivity index is 1.45. The fourth-order valence-corrected chi connectivity index (χ4v) is 5.63. The highest BCUT2D eigenvalue weighted by Crippen LogP contribution is 2.50. The molecule has 0 spiro atoms. The van der Waals surface area contributed by atoms with E-state index in [0.29, 0.717) is 0 Å². The minimum atomic E-state index is -0.0430. The maximum Gasteiger partial charge on any atom is 0.160 e. The van der Waals surface area contributed by atoms with Gasteiger partial charge in [0.05, 0.1) is 12.2 Å². The molecule has 0 aromatic heterocycles. The van der Waals surface area contributed by atoms with E-state index in [0.717, 1.165) is 21.5 Å². The van der Waals surface area contributed by atoms with Gasteiger partial charge in [0.25, 0.3) is 0 Å². The zero-order valence-electron chi connectivity index (χ0n) is 19.8. The number of anilines is 2. The average molecular weight is 515 g/mol. The molecule has 0 N–H and O–H groups in total. The number of allylic oxidation sites excluding steroid dienone is 5. The van der Waals surface area contributed by atoms with E-state index in [-0.39, 0.29) is 5.41 Å². The summed E-state index contributed by atoms with van der Waals surface area (Å²) in [5.41, 5.74) is 11.2. The summed E-state index contributed by atoms with van der Waals surface area (Å²) in [4.78, 5) is 2.29. The van der Waals surface area contributed by atoms with Crippen LogP contribution < -0.4 is 4.90 Å². The lowest BCUT2D eigenvalue weighted by Gasteiger charge is -2.24. The Morgan fingerprint density at radius 2 is 1.43 bits per heavy atom. The molecule has 2 aliphatic rings. The molecule has 2 aliphatic carbocycles. The number of benzene rings is 4. The van der Waals surface area contributed by atoms with E-state index < -0.39 is 0 Å². The van der Waals surface area contributed by atoms with Crippen molar-refractivity contribution in [3.63, 3.8) is 0 Å². The van der Waals surface area contributed by atoms with Crippen molar-refractivity contribution in [2.75, 3.05) is 4.90 Å². The van der Waals surface area contributed by atoms with Crippen molar-refractivity contribution in [1.82, 2.24) is 0 Å². The number of rotatable bonds is 4. The van der Waals surface area contributed by atoms with Crippen molar-refractivity contribution >= 4 is 27.3 Å². The van der Waals surface area contributed by atoms with Crippen LogP contribution in [0.3, 0.4) is 0 Å². The van der Waals surface area contributed by atoms with Crippen LogP contribution in [0.5, 0.6) is 0 Å². The summed E-state index contributed by atoms with van der Waals surface area (Å²) >= 11 is 3.67. The minimum Gasteiger partial charge on any atom is -0.288 e. The van der Waals surface area contributed by atoms with Gasteiger partial charge < -0.3 is 0 Å². The zero-order valence-corrected chi connectivity index (χ0v) is 21.4. The lowest BCUT2D eigenvalue weighted by Crippen LogP contribution is -2.16. The van der Waals surface area contributed by atoms with Crippen molar-refractivity contribution in [3.05, 3.63) is 143 Å². The van der Waals surface area contributed by atoms with E-state index in [1.165, 1.54) is 33.4 Å². The normalized spacial score (nSPS) is 14.7. The molecule has 0 saturated heterocycles. The molecule has 4 aromatic rings. The monoisotopic (exact) mass is 514 g/mol. The molecule has 168 valence electrons. The summed E-state index contributed by atoms with van der Waals surface area (Å²) in [6.45, 7) is 4.65. The van der Waals surface area contributed by atoms with E-state index in [4.69, 9.17) is 0 Å². The van der Waals surface area contributed by atoms with Gasteiger partial charge in [-0.15, -0.1) is 0 Å². The maximum atomic E-state index is 3.67. The Labute approximate surface area is 215 Å². The number of hydrogen-bond donors (Lipinski definition) is 0. The van der Waals surface area contributed by atoms with Crippen LogP contribution in [0.2, 0.25) is 0 Å². The largest absolute Gasteiger partial charge is 0.288 e. The fraction of sp³-hybridized carbons (Fsp3) is 0.0909. The van der Waals surface area contributed by atoms with Crippen LogP contribution in [-0.2, 0) is 5.41 Å². The van der Waals surface area contributed by atoms with Gasteiger partial charge in [-0.05, 0) is 75.8 Å². The number of hydrogen-bond acceptors (Lipinski definition) is 1. The van der Waals surface area contributed by atoms with Crippen LogP contribution in [0.4, 0.5) is 11.4 Å². The first-order chi connectivity index (χ1) is 17.0. The Bertz CT molecular complexity index is 1520. The molecule has 0 radical (unpaired) electrons. The van der Waals surface area contributed by atoms with Crippen LogP contribution in [0.1, 0.15) is 25.0 Å². The Morgan fingerprint density at radius 3 is 2.20 bits per heavy atom. The molecule has 0 fully saturated rings. The lowest BCUT2D eigenvalue weighted by molar-refractivity contribution is 0.660. The first-order valence-corrected chi connectivity index (χ1v) is 12.7. The smallest absolute Gasteiger partial charge is 0.160 e. The predicted octanol–water partition coefficient (Wildman–Crippen LogP) is 9.37. The van der Waals surface area contributed by atoms with Crippen LogP contribution >= 0.6 is 15.9 Å². The predicted molar refractivity (Wildman–Crippen MR) is 151 cm³/mol. The molecule has 0 bridgehead atoms. The fourth-order valence-electron chi connectivity index (χ4n) is 5.27. The van der Waals surface area contributed by atoms with Crippen LogP contribution in [0.15, 0.2) is 125 Å². The average Bonchev–Trinajstić information content (AvgIpc) is 3.11. The van der Waals surface area contributed by atoms with Gasteiger partial charge in [0.2, 0.25) is 0 Å². The summed E-state index contributed by atoms with van der Waals surface area (Å²) < 4.78 is 1.13. The van der Waals surface area contributed by atoms with Gasteiger partial charge in [0, 0.05) is 27.3 Å². The molecular weight excluding hydrogens is 490 g/mol. The van der Waals surface area contributed by atoms with Crippen LogP contribution in [0, 0.1) is 6.08 Å². The van der Waals surface area contributed by atoms with E-state index in [1.54, 1.807) is 0 Å². The van der Waals surface area contributed by atoms with E-state index in [2.05, 4.69) is 144 Å². The molecule has 6 rings (SSSR count). The molecular formula is C33H25BrN+. The van der Waals surface area contributed by atoms with Crippen LogP contribution in [-0.4, -0.2) is 0 Å². The Kier molecular flexibility index (Phi) is 5.29. The molecule has 0 aliphatic heterocycles. The molecule has 0 atom stereocenters. The molecule has 2 heteroatoms. The second-order valence-corrected chi connectivity index (χ2v) is 10.5. The second-order valence-electron chi connectivity index (χ2n) is 9.55. The second kappa shape index (κ2) is 8.50. The van der Waals surface area contributed by atoms with Crippen molar-refractivity contribution < 1.29 is 0 Å². The Morgan fingerprint density at radius 1 is 0.714 bits per heavy atom. The SMILES string of the molecule is CC1(C)c2cc(Br)ccc2-c2ccc(-c3cccc(N(C4=CC=[C+]C=C4)c4ccccc4)c3)cc21. The zero-order chi connectivity index (χ0) is 24.0. The van der Waals surface area contributed by atoms with E-state index in [9.17, 15) is 0 Å². The summed E-state index contributed by atoms with van der Waals surface area (Å²) in [6, 6.07) is 32.9. The molecule has 4 aromatic carbocycles. The van der Waals surface area contributed by atoms with Crippen molar-refractivity contribution in [2.24, 2.45) is 0 Å². The first-order valence-electron chi connectivity index (χ1n) is 11.9. The van der Waals surface area contributed by atoms with Gasteiger partial charge in [-0.25, -0.2) is 0 Å². The van der Waals surface area contributed by atoms with E-state index in [1.807, 2.05) is 12.2 Å². The summed E-state index contributed by atoms with van der Waals surface area (Å²) in [7, 11) is 0. The van der Waals surface area contributed by atoms with Crippen molar-refractivity contribution in [1.29, 1.82) is 0 Å². The van der Waals surface area contributed by atoms with E-state index >= 15 is 0 Å². The highest BCUT2D eigenvalue weighted by molar-refractivity contribution is 9.10. The standard InChI is InChI=1S/C33H25BrN/c1-33(2)31-21-24(16-18-29(31)30-19-17-25(34)22-32(30)33)23-10-9-15-28(20-23)35(26-11-5-3-6-12-26)27-13-7-4-8-14-27/h3,5-22H,1-2H3/q+1. The molecule has 35 heavy (non-hydrogen) atoms. The van der Waals surface area contributed by atoms with Crippen molar-refractivity contribution in [2.45, 2.75) is 19.3 Å². The topological polar surface area (TPSA) is 3.24 Å². The first kappa shape index (κ1) is 21.8. The van der Waals surface area contributed by atoms with Crippen LogP contribution in [0.25, 0.3) is 22.3 Å². The summed E-state index contributed by atoms with van der Waals surface area (Å²) in [5, 5.41) is 0. The Hall–Kier alpha value is -3.71. The van der Waals surface area contributed by atoms with Gasteiger partial charge in [-0.2, -0.15) is 0 Å². The summed E-state index contributed by atoms with van der Waals surface area (Å²) in [6.07, 6.45) is 11.3. The molecule has 0 heterocycles. The molecule has 0 unspecified atom stereocenters. The van der Waals surface area contributed by atoms with Gasteiger partial charge in [-0.3, -0.25) is 4.90 Å². The van der Waals surface area contributed by atoms with Gasteiger partial charge in [0.15, 0.2) is 5.70 Å². The third-order valence-corrected chi connectivity index (χ3v) is 7.54. The number of halogens is 1. The lowest BCUT2D eigenvalue weighted by atomic mass is 9.81. The highest BCUT2D eigenvalue weighted by Gasteiger charge is 2.35. The summed E-state index contributed by atoms with van der Waals surface area (Å²) in [5.74, 6) is 0. The molecule has 0 amide bonds. The third kappa shape index (κ3) is 3.76. The number of fused-ring (bicyclic) bond motifs is 3. The van der Waals surface area contributed by atoms with Gasteiger partial charge in [-0.1, -0.05) is 78.3 Å². The minimum absolute atomic E-state index is 0.0430. The quantitative estimate of drug-likeness (QED) is 0.245. The van der Waals surface area contributed by atoms with Gasteiger partial charge >= 0.3 is 0 Å². The number of nitrogens with zero attached hydrogens (tertiary/aromatic N) is 1. The number of para-hydroxylation sites is 1. The maximum absolute atomic E-state index is 3.67. The van der Waals surface area contributed by atoms with Crippen molar-refractivity contribution in [3.8, 4) is 22.3 Å². The molecule has 0 saturated carbocycles. The third-order valence-electron chi connectivity index (χ3n) is 7.05. The highest BCUT2D eigenvalue weighted by atomic mass is 79.9. The molecule has 1 nitrogen and oxygen atoms in total.